The molecule has 2 aliphatic rings. The largest absolute Gasteiger partial charge is 0.480 e. The lowest BCUT2D eigenvalue weighted by molar-refractivity contribution is -0.138. The molecule has 2 heterocycles. The number of carboxylic acids is 1. The summed E-state index contributed by atoms with van der Waals surface area (Å²) in [6, 6.07) is 9.12. The van der Waals surface area contributed by atoms with E-state index in [1.54, 1.807) is 0 Å². The molecule has 0 spiro atoms. The summed E-state index contributed by atoms with van der Waals surface area (Å²) in [5, 5.41) is 8.95. The van der Waals surface area contributed by atoms with Gasteiger partial charge in [0.05, 0.1) is 6.54 Å². The molecule has 3 rings (SSSR count). The summed E-state index contributed by atoms with van der Waals surface area (Å²) in [5.74, 6) is -0.263. The zero-order chi connectivity index (χ0) is 13.4. The molecule has 19 heavy (non-hydrogen) atoms. The van der Waals surface area contributed by atoms with E-state index in [-0.39, 0.29) is 6.54 Å². The van der Waals surface area contributed by atoms with E-state index < -0.39 is 5.97 Å². The van der Waals surface area contributed by atoms with E-state index in [1.165, 1.54) is 11.3 Å². The van der Waals surface area contributed by atoms with Crippen LogP contribution in [0.2, 0.25) is 0 Å². The van der Waals surface area contributed by atoms with E-state index in [0.717, 1.165) is 26.1 Å². The Morgan fingerprint density at radius 2 is 2.21 bits per heavy atom. The van der Waals surface area contributed by atoms with Crippen LogP contribution in [0, 0.1) is 0 Å². The SMILES string of the molecule is CCN1c2ccccc2[C@@H]2CN(CC(=O)O)CC[C@H]21. The average Bonchev–Trinajstić information content (AvgIpc) is 2.71. The van der Waals surface area contributed by atoms with Gasteiger partial charge >= 0.3 is 5.97 Å². The highest BCUT2D eigenvalue weighted by molar-refractivity contribution is 5.69. The fourth-order valence-electron chi connectivity index (χ4n) is 3.67. The number of rotatable bonds is 3. The van der Waals surface area contributed by atoms with Crippen molar-refractivity contribution in [3.8, 4) is 0 Å². The molecule has 1 saturated heterocycles. The molecule has 0 bridgehead atoms. The van der Waals surface area contributed by atoms with Crippen LogP contribution in [0.15, 0.2) is 24.3 Å². The molecule has 1 N–H and O–H groups in total. The molecular formula is C15H20N2O2. The van der Waals surface area contributed by atoms with Crippen LogP contribution in [0.3, 0.4) is 0 Å². The number of benzene rings is 1. The topological polar surface area (TPSA) is 43.8 Å². The summed E-state index contributed by atoms with van der Waals surface area (Å²) in [7, 11) is 0. The molecule has 0 saturated carbocycles. The van der Waals surface area contributed by atoms with E-state index in [9.17, 15) is 4.79 Å². The monoisotopic (exact) mass is 260 g/mol. The van der Waals surface area contributed by atoms with Crippen LogP contribution in [0.5, 0.6) is 0 Å². The first-order chi connectivity index (χ1) is 9.20. The van der Waals surface area contributed by atoms with E-state index in [0.29, 0.717) is 12.0 Å². The number of nitrogens with zero attached hydrogens (tertiary/aromatic N) is 2. The first-order valence-electron chi connectivity index (χ1n) is 7.00. The van der Waals surface area contributed by atoms with Gasteiger partial charge in [0.25, 0.3) is 0 Å². The smallest absolute Gasteiger partial charge is 0.317 e. The molecule has 1 fully saturated rings. The first kappa shape index (κ1) is 12.5. The lowest BCUT2D eigenvalue weighted by Gasteiger charge is -2.38. The lowest BCUT2D eigenvalue weighted by atomic mass is 9.89. The molecule has 1 aromatic carbocycles. The number of piperidine rings is 1. The third kappa shape index (κ3) is 2.10. The molecule has 0 amide bonds. The Hall–Kier alpha value is -1.55. The van der Waals surface area contributed by atoms with Crippen LogP contribution in [-0.2, 0) is 4.79 Å². The van der Waals surface area contributed by atoms with Crippen molar-refractivity contribution in [1.82, 2.24) is 4.90 Å². The highest BCUT2D eigenvalue weighted by Crippen LogP contribution is 2.44. The lowest BCUT2D eigenvalue weighted by Crippen LogP contribution is -2.47. The van der Waals surface area contributed by atoms with E-state index in [1.807, 2.05) is 0 Å². The summed E-state index contributed by atoms with van der Waals surface area (Å²) in [6.45, 7) is 5.14. The van der Waals surface area contributed by atoms with Gasteiger partial charge in [-0.1, -0.05) is 18.2 Å². The predicted octanol–water partition coefficient (Wildman–Crippen LogP) is 1.77. The van der Waals surface area contributed by atoms with Crippen molar-refractivity contribution in [1.29, 1.82) is 0 Å². The normalized spacial score (nSPS) is 26.1. The van der Waals surface area contributed by atoms with Crippen LogP contribution in [-0.4, -0.2) is 48.2 Å². The average molecular weight is 260 g/mol. The number of likely N-dealkylation sites (N-methyl/N-ethyl adjacent to an activating group) is 1. The Kier molecular flexibility index (Phi) is 3.19. The van der Waals surface area contributed by atoms with Gasteiger partial charge in [-0.2, -0.15) is 0 Å². The Morgan fingerprint density at radius 3 is 2.95 bits per heavy atom. The third-order valence-corrected chi connectivity index (χ3v) is 4.41. The maximum atomic E-state index is 10.9. The summed E-state index contributed by atoms with van der Waals surface area (Å²) in [6.07, 6.45) is 1.06. The summed E-state index contributed by atoms with van der Waals surface area (Å²) >= 11 is 0. The van der Waals surface area contributed by atoms with Gasteiger partial charge in [-0.25, -0.2) is 0 Å². The number of carboxylic acid groups (broad SMARTS) is 1. The molecular weight excluding hydrogens is 240 g/mol. The Morgan fingerprint density at radius 1 is 1.42 bits per heavy atom. The molecule has 102 valence electrons. The number of hydrogen-bond acceptors (Lipinski definition) is 3. The van der Waals surface area contributed by atoms with Gasteiger partial charge in [0.15, 0.2) is 0 Å². The van der Waals surface area contributed by atoms with Crippen molar-refractivity contribution >= 4 is 11.7 Å². The van der Waals surface area contributed by atoms with Crippen molar-refractivity contribution in [2.45, 2.75) is 25.3 Å². The van der Waals surface area contributed by atoms with Crippen LogP contribution in [0.1, 0.15) is 24.8 Å². The number of fused-ring (bicyclic) bond motifs is 3. The second-order valence-electron chi connectivity index (χ2n) is 5.44. The maximum Gasteiger partial charge on any atom is 0.317 e. The molecule has 4 nitrogen and oxygen atoms in total. The Bertz CT molecular complexity index is 489. The zero-order valence-corrected chi connectivity index (χ0v) is 11.2. The second-order valence-corrected chi connectivity index (χ2v) is 5.44. The van der Waals surface area contributed by atoms with E-state index in [4.69, 9.17) is 5.11 Å². The molecule has 2 aliphatic heterocycles. The van der Waals surface area contributed by atoms with Gasteiger partial charge in [0.1, 0.15) is 0 Å². The van der Waals surface area contributed by atoms with Crippen LogP contribution < -0.4 is 4.90 Å². The Balaban J connectivity index is 1.86. The van der Waals surface area contributed by atoms with Gasteiger partial charge in [-0.3, -0.25) is 9.69 Å². The number of aliphatic carboxylic acids is 1. The van der Waals surface area contributed by atoms with Gasteiger partial charge in [0.2, 0.25) is 0 Å². The van der Waals surface area contributed by atoms with Crippen LogP contribution in [0.4, 0.5) is 5.69 Å². The number of carbonyl (C=O) groups is 1. The highest BCUT2D eigenvalue weighted by atomic mass is 16.4. The van der Waals surface area contributed by atoms with E-state index >= 15 is 0 Å². The Labute approximate surface area is 113 Å². The molecule has 0 unspecified atom stereocenters. The second kappa shape index (κ2) is 4.85. The molecule has 0 aromatic heterocycles. The first-order valence-corrected chi connectivity index (χ1v) is 7.00. The predicted molar refractivity (Wildman–Crippen MR) is 74.7 cm³/mol. The van der Waals surface area contributed by atoms with Gasteiger partial charge in [-0.05, 0) is 25.0 Å². The van der Waals surface area contributed by atoms with Crippen molar-refractivity contribution in [2.24, 2.45) is 0 Å². The van der Waals surface area contributed by atoms with Gasteiger partial charge in [-0.15, -0.1) is 0 Å². The summed E-state index contributed by atoms with van der Waals surface area (Å²) < 4.78 is 0. The molecule has 0 aliphatic carbocycles. The van der Waals surface area contributed by atoms with Crippen molar-refractivity contribution in [3.63, 3.8) is 0 Å². The number of hydrogen-bond donors (Lipinski definition) is 1. The fraction of sp³-hybridized carbons (Fsp3) is 0.533. The molecule has 4 heteroatoms. The molecule has 1 aromatic rings. The maximum absolute atomic E-state index is 10.9. The minimum Gasteiger partial charge on any atom is -0.480 e. The van der Waals surface area contributed by atoms with Crippen LogP contribution in [0.25, 0.3) is 0 Å². The van der Waals surface area contributed by atoms with Gasteiger partial charge in [0, 0.05) is 37.3 Å². The van der Waals surface area contributed by atoms with E-state index in [2.05, 4.69) is 41.0 Å². The minimum absolute atomic E-state index is 0.164. The summed E-state index contributed by atoms with van der Waals surface area (Å²) in [4.78, 5) is 15.4. The number of para-hydroxylation sites is 1. The van der Waals surface area contributed by atoms with Gasteiger partial charge < -0.3 is 10.0 Å². The minimum atomic E-state index is -0.725. The molecule has 2 atom stereocenters. The van der Waals surface area contributed by atoms with Crippen molar-refractivity contribution in [2.75, 3.05) is 31.1 Å². The van der Waals surface area contributed by atoms with Crippen molar-refractivity contribution < 1.29 is 9.90 Å². The quantitative estimate of drug-likeness (QED) is 0.899. The van der Waals surface area contributed by atoms with Crippen LogP contribution >= 0.6 is 0 Å². The highest BCUT2D eigenvalue weighted by Gasteiger charge is 2.41. The van der Waals surface area contributed by atoms with Crippen molar-refractivity contribution in [3.05, 3.63) is 29.8 Å². The standard InChI is InChI=1S/C15H20N2O2/c1-2-17-13-6-4-3-5-11(13)12-9-16(10-15(18)19)8-7-14(12)17/h3-6,12,14H,2,7-10H2,1H3,(H,18,19)/t12-,14+/m0/s1. The number of anilines is 1. The number of likely N-dealkylation sites (tertiary alicyclic amines) is 1. The fourth-order valence-corrected chi connectivity index (χ4v) is 3.67. The molecule has 0 radical (unpaired) electrons. The third-order valence-electron chi connectivity index (χ3n) is 4.41. The zero-order valence-electron chi connectivity index (χ0n) is 11.2. The summed E-state index contributed by atoms with van der Waals surface area (Å²) in [5.41, 5.74) is 2.74.